The summed E-state index contributed by atoms with van der Waals surface area (Å²) in [4.78, 5) is 16.1. The van der Waals surface area contributed by atoms with Crippen LogP contribution in [-0.4, -0.2) is 39.8 Å². The van der Waals surface area contributed by atoms with Gasteiger partial charge in [-0.1, -0.05) is 18.7 Å². The third-order valence-corrected chi connectivity index (χ3v) is 4.43. The summed E-state index contributed by atoms with van der Waals surface area (Å²) in [5, 5.41) is 3.25. The zero-order valence-corrected chi connectivity index (χ0v) is 12.6. The van der Waals surface area contributed by atoms with Gasteiger partial charge in [-0.2, -0.15) is 4.37 Å². The second-order valence-electron chi connectivity index (χ2n) is 3.98. The van der Waals surface area contributed by atoms with Crippen LogP contribution in [0.1, 0.15) is 27.2 Å². The van der Waals surface area contributed by atoms with Gasteiger partial charge in [0.2, 0.25) is 0 Å². The van der Waals surface area contributed by atoms with E-state index in [1.165, 1.54) is 29.6 Å². The van der Waals surface area contributed by atoms with Gasteiger partial charge in [-0.05, 0) is 38.3 Å². The highest BCUT2D eigenvalue weighted by atomic mass is 32.2. The summed E-state index contributed by atoms with van der Waals surface area (Å²) in [6, 6.07) is 0. The van der Waals surface area contributed by atoms with Gasteiger partial charge in [0.15, 0.2) is 4.34 Å². The molecule has 0 saturated heterocycles. The summed E-state index contributed by atoms with van der Waals surface area (Å²) in [6.07, 6.45) is 2.49. The van der Waals surface area contributed by atoms with Crippen molar-refractivity contribution in [2.75, 3.05) is 18.9 Å². The summed E-state index contributed by atoms with van der Waals surface area (Å²) in [7, 11) is 0. The molecule has 0 amide bonds. The number of carbonyl (C=O) groups is 1. The van der Waals surface area contributed by atoms with Crippen LogP contribution in [-0.2, 0) is 9.53 Å². The van der Waals surface area contributed by atoms with Crippen LogP contribution in [0.2, 0.25) is 0 Å². The average Bonchev–Trinajstić information content (AvgIpc) is 2.87. The van der Waals surface area contributed by atoms with Crippen LogP contribution in [0, 0.1) is 0 Å². The molecule has 1 N–H and O–H groups in total. The van der Waals surface area contributed by atoms with Crippen molar-refractivity contribution >= 4 is 29.3 Å². The van der Waals surface area contributed by atoms with Crippen molar-refractivity contribution < 1.29 is 9.53 Å². The number of esters is 1. The van der Waals surface area contributed by atoms with Gasteiger partial charge in [-0.25, -0.2) is 4.98 Å². The Morgan fingerprint density at radius 1 is 1.61 bits per heavy atom. The molecule has 0 aliphatic rings. The molecule has 0 fully saturated rings. The Kier molecular flexibility index (Phi) is 6.59. The lowest BCUT2D eigenvalue weighted by Gasteiger charge is -2.27. The highest BCUT2D eigenvalue weighted by molar-refractivity contribution is 8.01. The van der Waals surface area contributed by atoms with Crippen LogP contribution >= 0.6 is 23.3 Å². The molecule has 0 aromatic carbocycles. The van der Waals surface area contributed by atoms with E-state index in [0.717, 1.165) is 17.3 Å². The third kappa shape index (κ3) is 4.55. The van der Waals surface area contributed by atoms with Gasteiger partial charge in [-0.3, -0.25) is 4.79 Å². The minimum absolute atomic E-state index is 0.213. The number of hydrogen-bond donors (Lipinski definition) is 1. The van der Waals surface area contributed by atoms with E-state index in [1.807, 2.05) is 13.8 Å². The van der Waals surface area contributed by atoms with E-state index in [-0.39, 0.29) is 5.97 Å². The quantitative estimate of drug-likeness (QED) is 0.583. The molecule has 0 aliphatic heterocycles. The SMILES string of the molecule is CCCNC(C)(CSc1ncns1)C(=O)OCC. The van der Waals surface area contributed by atoms with Crippen LogP contribution in [0.3, 0.4) is 0 Å². The van der Waals surface area contributed by atoms with Crippen molar-refractivity contribution in [1.29, 1.82) is 0 Å². The number of thioether (sulfide) groups is 1. The Morgan fingerprint density at radius 3 is 2.94 bits per heavy atom. The Balaban J connectivity index is 2.61. The van der Waals surface area contributed by atoms with Gasteiger partial charge in [0, 0.05) is 5.75 Å². The van der Waals surface area contributed by atoms with Crippen molar-refractivity contribution in [1.82, 2.24) is 14.7 Å². The molecule has 1 heterocycles. The molecule has 0 aliphatic carbocycles. The number of carbonyl (C=O) groups excluding carboxylic acids is 1. The fourth-order valence-corrected chi connectivity index (χ4v) is 2.86. The number of ether oxygens (including phenoxy) is 1. The molecular weight excluding hydrogens is 270 g/mol. The van der Waals surface area contributed by atoms with E-state index in [1.54, 1.807) is 0 Å². The first-order valence-electron chi connectivity index (χ1n) is 5.94. The van der Waals surface area contributed by atoms with Gasteiger partial charge in [0.05, 0.1) is 6.61 Å². The van der Waals surface area contributed by atoms with E-state index < -0.39 is 5.54 Å². The zero-order valence-electron chi connectivity index (χ0n) is 10.9. The van der Waals surface area contributed by atoms with E-state index in [2.05, 4.69) is 21.6 Å². The van der Waals surface area contributed by atoms with Crippen molar-refractivity contribution in [3.8, 4) is 0 Å². The number of rotatable bonds is 8. The molecule has 1 unspecified atom stereocenters. The highest BCUT2D eigenvalue weighted by Gasteiger charge is 2.34. The maximum atomic E-state index is 12.0. The highest BCUT2D eigenvalue weighted by Crippen LogP contribution is 2.24. The van der Waals surface area contributed by atoms with Gasteiger partial charge in [-0.15, -0.1) is 0 Å². The number of nitrogens with zero attached hydrogens (tertiary/aromatic N) is 2. The van der Waals surface area contributed by atoms with Crippen molar-refractivity contribution in [3.05, 3.63) is 6.33 Å². The van der Waals surface area contributed by atoms with E-state index in [9.17, 15) is 4.79 Å². The molecule has 0 saturated carbocycles. The van der Waals surface area contributed by atoms with Gasteiger partial charge >= 0.3 is 5.97 Å². The van der Waals surface area contributed by atoms with Crippen LogP contribution in [0.5, 0.6) is 0 Å². The third-order valence-electron chi connectivity index (χ3n) is 2.32. The monoisotopic (exact) mass is 289 g/mol. The second kappa shape index (κ2) is 7.70. The van der Waals surface area contributed by atoms with Crippen LogP contribution in [0.15, 0.2) is 10.7 Å². The molecule has 18 heavy (non-hydrogen) atoms. The average molecular weight is 289 g/mol. The first kappa shape index (κ1) is 15.4. The predicted octanol–water partition coefficient (Wildman–Crippen LogP) is 1.95. The number of hydrogen-bond acceptors (Lipinski definition) is 7. The molecule has 1 aromatic heterocycles. The Bertz CT molecular complexity index is 359. The molecule has 5 nitrogen and oxygen atoms in total. The molecule has 7 heteroatoms. The largest absolute Gasteiger partial charge is 0.465 e. The molecule has 1 rings (SSSR count). The van der Waals surface area contributed by atoms with Crippen LogP contribution < -0.4 is 5.32 Å². The Morgan fingerprint density at radius 2 is 2.39 bits per heavy atom. The smallest absolute Gasteiger partial charge is 0.326 e. The lowest BCUT2D eigenvalue weighted by Crippen LogP contribution is -2.52. The topological polar surface area (TPSA) is 64.1 Å². The maximum Gasteiger partial charge on any atom is 0.326 e. The first-order valence-corrected chi connectivity index (χ1v) is 7.70. The maximum absolute atomic E-state index is 12.0. The van der Waals surface area contributed by atoms with Crippen LogP contribution in [0.4, 0.5) is 0 Å². The van der Waals surface area contributed by atoms with Crippen molar-refractivity contribution in [2.45, 2.75) is 37.1 Å². The molecule has 0 spiro atoms. The standard InChI is InChI=1S/C11H19N3O2S2/c1-4-6-13-11(3,9(15)16-5-2)7-17-10-12-8-14-18-10/h8,13H,4-7H2,1-3H3. The van der Waals surface area contributed by atoms with Gasteiger partial charge in [0.1, 0.15) is 11.9 Å². The van der Waals surface area contributed by atoms with Gasteiger partial charge in [0.25, 0.3) is 0 Å². The Hall–Kier alpha value is -0.660. The minimum Gasteiger partial charge on any atom is -0.465 e. The van der Waals surface area contributed by atoms with Crippen molar-refractivity contribution in [3.63, 3.8) is 0 Å². The zero-order chi connectivity index (χ0) is 13.4. The second-order valence-corrected chi connectivity index (χ2v) is 5.98. The fraction of sp³-hybridized carbons (Fsp3) is 0.727. The Labute approximate surface area is 116 Å². The minimum atomic E-state index is -0.678. The fourth-order valence-electron chi connectivity index (χ4n) is 1.31. The summed E-state index contributed by atoms with van der Waals surface area (Å²) in [5.74, 6) is 0.372. The molecule has 102 valence electrons. The summed E-state index contributed by atoms with van der Waals surface area (Å²) in [5.41, 5.74) is -0.678. The lowest BCUT2D eigenvalue weighted by molar-refractivity contribution is -0.149. The first-order chi connectivity index (χ1) is 8.62. The summed E-state index contributed by atoms with van der Waals surface area (Å²) >= 11 is 2.85. The van der Waals surface area contributed by atoms with Gasteiger partial charge < -0.3 is 10.1 Å². The molecule has 1 atom stereocenters. The summed E-state index contributed by atoms with van der Waals surface area (Å²) in [6.45, 7) is 6.93. The molecule has 1 aromatic rings. The lowest BCUT2D eigenvalue weighted by atomic mass is 10.1. The van der Waals surface area contributed by atoms with E-state index in [4.69, 9.17) is 4.74 Å². The van der Waals surface area contributed by atoms with Crippen molar-refractivity contribution in [2.24, 2.45) is 0 Å². The normalized spacial score (nSPS) is 14.2. The van der Waals surface area contributed by atoms with E-state index in [0.29, 0.717) is 12.4 Å². The number of nitrogens with one attached hydrogen (secondary N) is 1. The molecule has 0 bridgehead atoms. The van der Waals surface area contributed by atoms with E-state index >= 15 is 0 Å². The molecular formula is C11H19N3O2S2. The number of aromatic nitrogens is 2. The molecule has 0 radical (unpaired) electrons. The summed E-state index contributed by atoms with van der Waals surface area (Å²) < 4.78 is 9.93. The van der Waals surface area contributed by atoms with Crippen LogP contribution in [0.25, 0.3) is 0 Å². The predicted molar refractivity (Wildman–Crippen MR) is 74.0 cm³/mol.